The second-order valence-corrected chi connectivity index (χ2v) is 6.40. The number of likely N-dealkylation sites (N-methyl/N-ethyl adjacent to an activating group) is 1. The van der Waals surface area contributed by atoms with Gasteiger partial charge in [-0.25, -0.2) is 9.48 Å². The Labute approximate surface area is 159 Å². The zero-order valence-electron chi connectivity index (χ0n) is 15.8. The van der Waals surface area contributed by atoms with E-state index in [0.717, 1.165) is 28.4 Å². The number of carbonyl (C=O) groups is 1. The number of hydrogen-bond donors (Lipinski definition) is 1. The largest absolute Gasteiger partial charge is 0.491 e. The summed E-state index contributed by atoms with van der Waals surface area (Å²) in [7, 11) is 1.75. The summed E-state index contributed by atoms with van der Waals surface area (Å²) in [5, 5.41) is 7.21. The number of para-hydroxylation sites is 1. The minimum Gasteiger partial charge on any atom is -0.491 e. The molecule has 0 spiro atoms. The first kappa shape index (κ1) is 18.5. The number of hydrogen-bond acceptors (Lipinski definition) is 3. The fourth-order valence-electron chi connectivity index (χ4n) is 2.69. The van der Waals surface area contributed by atoms with E-state index >= 15 is 0 Å². The molecule has 0 unspecified atom stereocenters. The maximum Gasteiger partial charge on any atom is 0.321 e. The Morgan fingerprint density at radius 2 is 1.96 bits per heavy atom. The first-order chi connectivity index (χ1) is 13.0. The number of amides is 2. The van der Waals surface area contributed by atoms with Crippen LogP contribution in [0.2, 0.25) is 0 Å². The van der Waals surface area contributed by atoms with Crippen LogP contribution in [0.4, 0.5) is 10.5 Å². The number of nitrogens with one attached hydrogen (secondary N) is 1. The predicted molar refractivity (Wildman–Crippen MR) is 107 cm³/mol. The van der Waals surface area contributed by atoms with E-state index < -0.39 is 0 Å². The number of rotatable bonds is 6. The molecular formula is C21H24N4O2. The van der Waals surface area contributed by atoms with E-state index in [1.54, 1.807) is 18.1 Å². The average molecular weight is 364 g/mol. The first-order valence-corrected chi connectivity index (χ1v) is 8.86. The number of anilines is 1. The van der Waals surface area contributed by atoms with Crippen LogP contribution in [0.15, 0.2) is 60.8 Å². The Morgan fingerprint density at radius 1 is 1.15 bits per heavy atom. The summed E-state index contributed by atoms with van der Waals surface area (Å²) in [6.45, 7) is 4.90. The van der Waals surface area contributed by atoms with Gasteiger partial charge in [-0.05, 0) is 49.7 Å². The van der Waals surface area contributed by atoms with Gasteiger partial charge in [-0.1, -0.05) is 24.3 Å². The van der Waals surface area contributed by atoms with Crippen LogP contribution in [0.1, 0.15) is 11.3 Å². The van der Waals surface area contributed by atoms with Crippen molar-refractivity contribution in [3.05, 3.63) is 72.1 Å². The molecule has 0 saturated carbocycles. The summed E-state index contributed by atoms with van der Waals surface area (Å²) in [5.41, 5.74) is 3.74. The highest BCUT2D eigenvalue weighted by Crippen LogP contribution is 2.17. The van der Waals surface area contributed by atoms with Crippen LogP contribution in [-0.2, 0) is 0 Å². The maximum absolute atomic E-state index is 12.4. The molecule has 0 saturated heterocycles. The zero-order valence-corrected chi connectivity index (χ0v) is 15.8. The molecule has 3 aromatic rings. The number of nitrogens with zero attached hydrogens (tertiary/aromatic N) is 3. The Balaban J connectivity index is 1.55. The van der Waals surface area contributed by atoms with E-state index in [4.69, 9.17) is 4.74 Å². The molecule has 3 rings (SSSR count). The van der Waals surface area contributed by atoms with Crippen LogP contribution in [0, 0.1) is 13.8 Å². The lowest BCUT2D eigenvalue weighted by Gasteiger charge is -2.19. The van der Waals surface area contributed by atoms with Gasteiger partial charge in [0.05, 0.1) is 12.2 Å². The quantitative estimate of drug-likeness (QED) is 0.718. The first-order valence-electron chi connectivity index (χ1n) is 8.86. The molecule has 0 atom stereocenters. The molecule has 0 bridgehead atoms. The lowest BCUT2D eigenvalue weighted by atomic mass is 10.2. The van der Waals surface area contributed by atoms with Gasteiger partial charge in [0, 0.05) is 24.6 Å². The third-order valence-electron chi connectivity index (χ3n) is 4.30. The van der Waals surface area contributed by atoms with E-state index in [-0.39, 0.29) is 6.03 Å². The number of carbonyl (C=O) groups excluding carboxylic acids is 1. The predicted octanol–water partition coefficient (Wildman–Crippen LogP) is 4.03. The molecule has 6 heteroatoms. The zero-order chi connectivity index (χ0) is 19.2. The van der Waals surface area contributed by atoms with Gasteiger partial charge < -0.3 is 15.0 Å². The second kappa shape index (κ2) is 8.40. The van der Waals surface area contributed by atoms with Gasteiger partial charge in [0.2, 0.25) is 0 Å². The van der Waals surface area contributed by atoms with Gasteiger partial charge in [-0.3, -0.25) is 0 Å². The average Bonchev–Trinajstić information content (AvgIpc) is 3.09. The minimum absolute atomic E-state index is 0.183. The van der Waals surface area contributed by atoms with E-state index in [0.29, 0.717) is 13.2 Å². The van der Waals surface area contributed by atoms with Crippen molar-refractivity contribution in [2.75, 3.05) is 25.5 Å². The SMILES string of the molecule is Cc1ccccc1OCCN(C)C(=O)Nc1cccc(-n2nccc2C)c1. The minimum atomic E-state index is -0.183. The molecular weight excluding hydrogens is 340 g/mol. The molecule has 0 aliphatic rings. The second-order valence-electron chi connectivity index (χ2n) is 6.40. The normalized spacial score (nSPS) is 10.5. The van der Waals surface area contributed by atoms with Gasteiger partial charge in [-0.15, -0.1) is 0 Å². The Morgan fingerprint density at radius 3 is 2.70 bits per heavy atom. The van der Waals surface area contributed by atoms with E-state index in [1.807, 2.05) is 73.1 Å². The number of ether oxygens (including phenoxy) is 1. The van der Waals surface area contributed by atoms with Crippen LogP contribution >= 0.6 is 0 Å². The van der Waals surface area contributed by atoms with Crippen LogP contribution < -0.4 is 10.1 Å². The number of urea groups is 1. The third-order valence-corrected chi connectivity index (χ3v) is 4.30. The Bertz CT molecular complexity index is 920. The van der Waals surface area contributed by atoms with Crippen molar-refractivity contribution in [3.63, 3.8) is 0 Å². The monoisotopic (exact) mass is 364 g/mol. The number of aryl methyl sites for hydroxylation is 2. The van der Waals surface area contributed by atoms with Crippen molar-refractivity contribution in [2.45, 2.75) is 13.8 Å². The van der Waals surface area contributed by atoms with E-state index in [1.165, 1.54) is 0 Å². The highest BCUT2D eigenvalue weighted by atomic mass is 16.5. The molecule has 0 aliphatic carbocycles. The molecule has 0 radical (unpaired) electrons. The summed E-state index contributed by atoms with van der Waals surface area (Å²) in [4.78, 5) is 14.0. The molecule has 1 aromatic heterocycles. The molecule has 2 aromatic carbocycles. The highest BCUT2D eigenvalue weighted by molar-refractivity contribution is 5.89. The number of aromatic nitrogens is 2. The Hall–Kier alpha value is -3.28. The van der Waals surface area contributed by atoms with Crippen LogP contribution in [-0.4, -0.2) is 40.9 Å². The molecule has 1 N–H and O–H groups in total. The van der Waals surface area contributed by atoms with Crippen LogP contribution in [0.5, 0.6) is 5.75 Å². The third kappa shape index (κ3) is 4.67. The summed E-state index contributed by atoms with van der Waals surface area (Å²) < 4.78 is 7.58. The molecule has 0 fully saturated rings. The van der Waals surface area contributed by atoms with Crippen molar-refractivity contribution in [1.82, 2.24) is 14.7 Å². The highest BCUT2D eigenvalue weighted by Gasteiger charge is 2.10. The molecule has 6 nitrogen and oxygen atoms in total. The van der Waals surface area contributed by atoms with Crippen molar-refractivity contribution in [2.24, 2.45) is 0 Å². The Kier molecular flexibility index (Phi) is 5.76. The van der Waals surface area contributed by atoms with Gasteiger partial charge in [0.15, 0.2) is 0 Å². The lowest BCUT2D eigenvalue weighted by molar-refractivity contribution is 0.207. The van der Waals surface area contributed by atoms with Crippen LogP contribution in [0.25, 0.3) is 5.69 Å². The van der Waals surface area contributed by atoms with Crippen molar-refractivity contribution in [1.29, 1.82) is 0 Å². The van der Waals surface area contributed by atoms with Gasteiger partial charge in [0.25, 0.3) is 0 Å². The fraction of sp³-hybridized carbons (Fsp3) is 0.238. The van der Waals surface area contributed by atoms with E-state index in [2.05, 4.69) is 10.4 Å². The summed E-state index contributed by atoms with van der Waals surface area (Å²) in [6, 6.07) is 17.2. The van der Waals surface area contributed by atoms with Crippen molar-refractivity contribution < 1.29 is 9.53 Å². The molecule has 140 valence electrons. The fourth-order valence-corrected chi connectivity index (χ4v) is 2.69. The molecule has 0 aliphatic heterocycles. The molecule has 1 heterocycles. The number of benzene rings is 2. The maximum atomic E-state index is 12.4. The molecule has 2 amide bonds. The summed E-state index contributed by atoms with van der Waals surface area (Å²) >= 11 is 0. The lowest BCUT2D eigenvalue weighted by Crippen LogP contribution is -2.34. The standard InChI is InChI=1S/C21H24N4O2/c1-16-7-4-5-10-20(16)27-14-13-24(3)21(26)23-18-8-6-9-19(15-18)25-17(2)11-12-22-25/h4-12,15H,13-14H2,1-3H3,(H,23,26). The van der Waals surface area contributed by atoms with Gasteiger partial charge >= 0.3 is 6.03 Å². The van der Waals surface area contributed by atoms with Gasteiger partial charge in [-0.2, -0.15) is 5.10 Å². The topological polar surface area (TPSA) is 59.4 Å². The summed E-state index contributed by atoms with van der Waals surface area (Å²) in [5.74, 6) is 0.841. The van der Waals surface area contributed by atoms with Crippen molar-refractivity contribution in [3.8, 4) is 11.4 Å². The molecule has 27 heavy (non-hydrogen) atoms. The van der Waals surface area contributed by atoms with Crippen LogP contribution in [0.3, 0.4) is 0 Å². The summed E-state index contributed by atoms with van der Waals surface area (Å²) in [6.07, 6.45) is 1.75. The van der Waals surface area contributed by atoms with Gasteiger partial charge in [0.1, 0.15) is 12.4 Å². The van der Waals surface area contributed by atoms with Crippen molar-refractivity contribution >= 4 is 11.7 Å². The van der Waals surface area contributed by atoms with E-state index in [9.17, 15) is 4.79 Å². The smallest absolute Gasteiger partial charge is 0.321 e.